The highest BCUT2D eigenvalue weighted by molar-refractivity contribution is 7.99. The fourth-order valence-corrected chi connectivity index (χ4v) is 3.48. The summed E-state index contributed by atoms with van der Waals surface area (Å²) < 4.78 is 6.61. The number of benzene rings is 2. The molecule has 0 unspecified atom stereocenters. The summed E-state index contributed by atoms with van der Waals surface area (Å²) in [5, 5.41) is 26.9. The van der Waals surface area contributed by atoms with Crippen molar-refractivity contribution in [2.24, 2.45) is 0 Å². The highest BCUT2D eigenvalue weighted by Crippen LogP contribution is 2.24. The number of non-ortho nitro benzene ring substituents is 1. The number of nitrogens with one attached hydrogen (secondary N) is 1. The summed E-state index contributed by atoms with van der Waals surface area (Å²) in [6.07, 6.45) is 0. The first-order chi connectivity index (χ1) is 15.0. The van der Waals surface area contributed by atoms with Crippen molar-refractivity contribution < 1.29 is 14.5 Å². The van der Waals surface area contributed by atoms with Crippen LogP contribution < -0.4 is 10.1 Å². The Morgan fingerprint density at radius 3 is 2.71 bits per heavy atom. The van der Waals surface area contributed by atoms with Crippen LogP contribution in [0.3, 0.4) is 0 Å². The fourth-order valence-electron chi connectivity index (χ4n) is 2.79. The molecule has 2 aromatic carbocycles. The van der Waals surface area contributed by atoms with E-state index in [2.05, 4.69) is 20.6 Å². The van der Waals surface area contributed by atoms with Crippen LogP contribution in [0.5, 0.6) is 5.75 Å². The van der Waals surface area contributed by atoms with E-state index in [1.165, 1.54) is 28.4 Å². The van der Waals surface area contributed by atoms with Crippen LogP contribution in [-0.4, -0.2) is 43.5 Å². The number of nitrogens with zero attached hydrogens (tertiary/aromatic N) is 5. The Balaban J connectivity index is 1.49. The van der Waals surface area contributed by atoms with Crippen molar-refractivity contribution in [1.82, 2.24) is 19.8 Å². The summed E-state index contributed by atoms with van der Waals surface area (Å²) in [5.74, 6) is 0.602. The van der Waals surface area contributed by atoms with Crippen molar-refractivity contribution in [1.29, 1.82) is 0 Å². The van der Waals surface area contributed by atoms with Gasteiger partial charge in [0.05, 0.1) is 23.5 Å². The molecule has 2 aromatic heterocycles. The predicted molar refractivity (Wildman–Crippen MR) is 115 cm³/mol. The van der Waals surface area contributed by atoms with Crippen LogP contribution in [0.1, 0.15) is 0 Å². The summed E-state index contributed by atoms with van der Waals surface area (Å²) in [7, 11) is 1.57. The van der Waals surface area contributed by atoms with Gasteiger partial charge in [-0.25, -0.2) is 0 Å². The molecule has 1 N–H and O–H groups in total. The number of ether oxygens (including phenoxy) is 1. The molecule has 0 fully saturated rings. The molecule has 0 radical (unpaired) electrons. The quantitative estimate of drug-likeness (QED) is 0.265. The van der Waals surface area contributed by atoms with Crippen LogP contribution >= 0.6 is 11.8 Å². The molecule has 0 saturated carbocycles. The third kappa shape index (κ3) is 4.61. The van der Waals surface area contributed by atoms with Crippen molar-refractivity contribution in [3.05, 3.63) is 70.8 Å². The smallest absolute Gasteiger partial charge is 0.270 e. The molecular weight excluding hydrogens is 420 g/mol. The van der Waals surface area contributed by atoms with Gasteiger partial charge in [0.15, 0.2) is 5.65 Å². The molecule has 1 amide bonds. The Morgan fingerprint density at radius 1 is 1.16 bits per heavy atom. The monoisotopic (exact) mass is 436 g/mol. The second-order valence-corrected chi connectivity index (χ2v) is 7.29. The number of rotatable bonds is 7. The van der Waals surface area contributed by atoms with E-state index >= 15 is 0 Å². The fraction of sp³-hybridized carbons (Fsp3) is 0.100. The van der Waals surface area contributed by atoms with E-state index in [0.29, 0.717) is 33.5 Å². The summed E-state index contributed by atoms with van der Waals surface area (Å²) in [5.41, 5.74) is 2.27. The molecule has 4 rings (SSSR count). The molecule has 156 valence electrons. The van der Waals surface area contributed by atoms with Gasteiger partial charge >= 0.3 is 0 Å². The number of methoxy groups -OCH3 is 1. The molecule has 2 heterocycles. The average molecular weight is 436 g/mol. The lowest BCUT2D eigenvalue weighted by Crippen LogP contribution is -2.14. The number of nitro groups is 1. The molecule has 0 aliphatic rings. The van der Waals surface area contributed by atoms with Crippen molar-refractivity contribution in [3.8, 4) is 17.0 Å². The molecular formula is C20H16N6O4S. The number of amides is 1. The van der Waals surface area contributed by atoms with Crippen molar-refractivity contribution >= 4 is 34.7 Å². The van der Waals surface area contributed by atoms with Crippen LogP contribution in [-0.2, 0) is 4.79 Å². The van der Waals surface area contributed by atoms with Crippen molar-refractivity contribution in [2.75, 3.05) is 18.2 Å². The van der Waals surface area contributed by atoms with Gasteiger partial charge in [-0.2, -0.15) is 9.61 Å². The molecule has 11 heteroatoms. The first-order valence-corrected chi connectivity index (χ1v) is 10.1. The summed E-state index contributed by atoms with van der Waals surface area (Å²) >= 11 is 1.19. The maximum Gasteiger partial charge on any atom is 0.270 e. The topological polar surface area (TPSA) is 125 Å². The van der Waals surface area contributed by atoms with Crippen molar-refractivity contribution in [2.45, 2.75) is 5.16 Å². The summed E-state index contributed by atoms with van der Waals surface area (Å²) in [6, 6.07) is 16.7. The minimum absolute atomic E-state index is 0.0204. The van der Waals surface area contributed by atoms with Gasteiger partial charge in [0, 0.05) is 23.4 Å². The molecule has 0 aliphatic carbocycles. The lowest BCUT2D eigenvalue weighted by atomic mass is 10.1. The zero-order valence-electron chi connectivity index (χ0n) is 16.3. The van der Waals surface area contributed by atoms with Gasteiger partial charge in [-0.3, -0.25) is 14.9 Å². The summed E-state index contributed by atoms with van der Waals surface area (Å²) in [4.78, 5) is 22.9. The maximum atomic E-state index is 12.3. The molecule has 4 aromatic rings. The number of aromatic nitrogens is 4. The Bertz CT molecular complexity index is 1260. The van der Waals surface area contributed by atoms with Gasteiger partial charge in [-0.15, -0.1) is 10.2 Å². The SMILES string of the molecule is COc1ccc(NC(=O)CSc2nnc3ccc(-c4cccc([N+](=O)[O-])c4)nn23)cc1. The van der Waals surface area contributed by atoms with E-state index in [9.17, 15) is 14.9 Å². The Kier molecular flexibility index (Phi) is 5.76. The van der Waals surface area contributed by atoms with Gasteiger partial charge in [-0.05, 0) is 36.4 Å². The number of carbonyl (C=O) groups is 1. The Hall–Kier alpha value is -3.99. The lowest BCUT2D eigenvalue weighted by molar-refractivity contribution is -0.384. The minimum atomic E-state index is -0.455. The third-order valence-corrected chi connectivity index (χ3v) is 5.21. The van der Waals surface area contributed by atoms with Crippen molar-refractivity contribution in [3.63, 3.8) is 0 Å². The Morgan fingerprint density at radius 2 is 1.97 bits per heavy atom. The number of fused-ring (bicyclic) bond motifs is 1. The van der Waals surface area contributed by atoms with Crippen LogP contribution in [0.15, 0.2) is 65.8 Å². The van der Waals surface area contributed by atoms with Crippen LogP contribution in [0, 0.1) is 10.1 Å². The minimum Gasteiger partial charge on any atom is -0.497 e. The third-order valence-electron chi connectivity index (χ3n) is 4.29. The largest absolute Gasteiger partial charge is 0.497 e. The van der Waals surface area contributed by atoms with E-state index in [0.717, 1.165) is 0 Å². The van der Waals surface area contributed by atoms with Crippen LogP contribution in [0.4, 0.5) is 11.4 Å². The predicted octanol–water partition coefficient (Wildman–Crippen LogP) is 3.44. The number of carbonyl (C=O) groups excluding carboxylic acids is 1. The van der Waals surface area contributed by atoms with Crippen LogP contribution in [0.25, 0.3) is 16.9 Å². The van der Waals surface area contributed by atoms with Gasteiger partial charge in [0.25, 0.3) is 5.69 Å². The zero-order chi connectivity index (χ0) is 21.8. The lowest BCUT2D eigenvalue weighted by Gasteiger charge is -2.06. The normalized spacial score (nSPS) is 10.7. The van der Waals surface area contributed by atoms with E-state index in [-0.39, 0.29) is 17.3 Å². The standard InChI is InChI=1S/C20H16N6O4S/c1-30-16-7-5-14(6-8-16)21-19(27)12-31-20-23-22-18-10-9-17(24-25(18)20)13-3-2-4-15(11-13)26(28)29/h2-11H,12H2,1H3,(H,21,27). The van der Waals surface area contributed by atoms with Gasteiger partial charge in [0.2, 0.25) is 11.1 Å². The highest BCUT2D eigenvalue weighted by Gasteiger charge is 2.13. The second kappa shape index (κ2) is 8.79. The van der Waals surface area contributed by atoms with Gasteiger partial charge in [-0.1, -0.05) is 23.9 Å². The number of anilines is 1. The first-order valence-electron chi connectivity index (χ1n) is 9.07. The maximum absolute atomic E-state index is 12.3. The first kappa shape index (κ1) is 20.3. The number of thioether (sulfide) groups is 1. The molecule has 10 nitrogen and oxygen atoms in total. The van der Waals surface area contributed by atoms with E-state index in [1.807, 2.05) is 0 Å². The molecule has 0 bridgehead atoms. The van der Waals surface area contributed by atoms with Crippen LogP contribution in [0.2, 0.25) is 0 Å². The second-order valence-electron chi connectivity index (χ2n) is 6.34. The zero-order valence-corrected chi connectivity index (χ0v) is 17.1. The van der Waals surface area contributed by atoms with E-state index < -0.39 is 4.92 Å². The Labute approximate surface area is 180 Å². The van der Waals surface area contributed by atoms with Gasteiger partial charge < -0.3 is 10.1 Å². The molecule has 0 saturated heterocycles. The molecule has 0 aliphatic heterocycles. The van der Waals surface area contributed by atoms with Gasteiger partial charge in [0.1, 0.15) is 5.75 Å². The van der Waals surface area contributed by atoms with E-state index in [1.54, 1.807) is 55.6 Å². The molecule has 0 atom stereocenters. The number of hydrogen-bond donors (Lipinski definition) is 1. The number of hydrogen-bond acceptors (Lipinski definition) is 8. The average Bonchev–Trinajstić information content (AvgIpc) is 3.20. The highest BCUT2D eigenvalue weighted by atomic mass is 32.2. The van der Waals surface area contributed by atoms with E-state index in [4.69, 9.17) is 4.74 Å². The molecule has 31 heavy (non-hydrogen) atoms. The summed E-state index contributed by atoms with van der Waals surface area (Å²) in [6.45, 7) is 0. The number of nitro benzene ring substituents is 1. The molecule has 0 spiro atoms.